The van der Waals surface area contributed by atoms with Crippen molar-refractivity contribution in [2.75, 3.05) is 0 Å². The summed E-state index contributed by atoms with van der Waals surface area (Å²) in [5.74, 6) is 3.06. The average Bonchev–Trinajstić information content (AvgIpc) is 2.76. The lowest BCUT2D eigenvalue weighted by Gasteiger charge is -2.07. The van der Waals surface area contributed by atoms with Crippen LogP contribution in [0.2, 0.25) is 0 Å². The van der Waals surface area contributed by atoms with Gasteiger partial charge in [-0.1, -0.05) is 124 Å². The van der Waals surface area contributed by atoms with Crippen molar-refractivity contribution in [1.82, 2.24) is 15.0 Å². The van der Waals surface area contributed by atoms with Crippen molar-refractivity contribution < 1.29 is 0 Å². The molecular weight excluding hydrogens is 366 g/mol. The molecule has 0 saturated carbocycles. The maximum Gasteiger partial charge on any atom is 0.132 e. The highest BCUT2D eigenvalue weighted by atomic mass is 15.0. The molecule has 0 aromatic carbocycles. The van der Waals surface area contributed by atoms with Gasteiger partial charge >= 0.3 is 0 Å². The molecule has 174 valence electrons. The molecule has 0 radical (unpaired) electrons. The maximum atomic E-state index is 4.79. The first kappa shape index (κ1) is 27.0. The lowest BCUT2D eigenvalue weighted by atomic mass is 10.1. The van der Waals surface area contributed by atoms with Crippen LogP contribution in [0, 0.1) is 0 Å². The van der Waals surface area contributed by atoms with E-state index >= 15 is 0 Å². The normalized spacial score (nSPS) is 11.3. The first-order valence-electron chi connectivity index (χ1n) is 13.5. The first-order chi connectivity index (χ1) is 14.8. The van der Waals surface area contributed by atoms with E-state index in [4.69, 9.17) is 15.0 Å². The summed E-state index contributed by atoms with van der Waals surface area (Å²) in [5, 5.41) is 0. The topological polar surface area (TPSA) is 38.7 Å². The molecule has 3 heteroatoms. The molecule has 0 unspecified atom stereocenters. The van der Waals surface area contributed by atoms with Gasteiger partial charge in [0, 0.05) is 19.3 Å². The lowest BCUT2D eigenvalue weighted by molar-refractivity contribution is 0.555. The van der Waals surface area contributed by atoms with Gasteiger partial charge in [0.05, 0.1) is 0 Å². The van der Waals surface area contributed by atoms with E-state index in [2.05, 4.69) is 20.8 Å². The van der Waals surface area contributed by atoms with Gasteiger partial charge in [-0.15, -0.1) is 0 Å². The quantitative estimate of drug-likeness (QED) is 0.188. The van der Waals surface area contributed by atoms with Crippen molar-refractivity contribution >= 4 is 0 Å². The molecule has 30 heavy (non-hydrogen) atoms. The molecule has 1 aromatic rings. The second kappa shape index (κ2) is 19.9. The van der Waals surface area contributed by atoms with E-state index in [1.54, 1.807) is 0 Å². The second-order valence-electron chi connectivity index (χ2n) is 9.09. The van der Waals surface area contributed by atoms with Crippen molar-refractivity contribution in [1.29, 1.82) is 0 Å². The molecule has 0 spiro atoms. The van der Waals surface area contributed by atoms with Crippen molar-refractivity contribution in [2.45, 2.75) is 156 Å². The Kier molecular flexibility index (Phi) is 18.0. The van der Waals surface area contributed by atoms with Gasteiger partial charge < -0.3 is 0 Å². The molecular formula is C27H51N3. The van der Waals surface area contributed by atoms with E-state index in [1.165, 1.54) is 116 Å². The highest BCUT2D eigenvalue weighted by Crippen LogP contribution is 2.13. The molecule has 0 aliphatic heterocycles. The fraction of sp³-hybridized carbons (Fsp3) is 0.889. The van der Waals surface area contributed by atoms with Crippen LogP contribution in [0.5, 0.6) is 0 Å². The van der Waals surface area contributed by atoms with Crippen LogP contribution in [0.15, 0.2) is 0 Å². The minimum Gasteiger partial charge on any atom is -0.218 e. The number of hydrogen-bond donors (Lipinski definition) is 0. The molecule has 0 aliphatic carbocycles. The Bertz CT molecular complexity index is 461. The SMILES string of the molecule is CCCCCCCCCCCc1nc(CC)nc(CCCCCCCCCCC)n1. The molecule has 0 amide bonds. The van der Waals surface area contributed by atoms with E-state index in [-0.39, 0.29) is 0 Å². The molecule has 0 aliphatic rings. The van der Waals surface area contributed by atoms with Gasteiger partial charge in [-0.3, -0.25) is 0 Å². The van der Waals surface area contributed by atoms with Gasteiger partial charge in [0.25, 0.3) is 0 Å². The minimum absolute atomic E-state index is 0.915. The van der Waals surface area contributed by atoms with E-state index in [0.717, 1.165) is 36.7 Å². The molecule has 0 bridgehead atoms. The van der Waals surface area contributed by atoms with Gasteiger partial charge in [-0.25, -0.2) is 15.0 Å². The Morgan fingerprint density at radius 3 is 1.00 bits per heavy atom. The van der Waals surface area contributed by atoms with Crippen molar-refractivity contribution in [3.8, 4) is 0 Å². The molecule has 1 rings (SSSR count). The molecule has 3 nitrogen and oxygen atoms in total. The number of aromatic nitrogens is 3. The van der Waals surface area contributed by atoms with E-state index in [9.17, 15) is 0 Å². The smallest absolute Gasteiger partial charge is 0.132 e. The van der Waals surface area contributed by atoms with Crippen LogP contribution in [0.25, 0.3) is 0 Å². The number of rotatable bonds is 21. The summed E-state index contributed by atoms with van der Waals surface area (Å²) in [6.07, 6.45) is 27.5. The molecule has 1 aromatic heterocycles. The summed E-state index contributed by atoms with van der Waals surface area (Å²) < 4.78 is 0. The summed E-state index contributed by atoms with van der Waals surface area (Å²) in [5.41, 5.74) is 0. The number of hydrogen-bond acceptors (Lipinski definition) is 3. The van der Waals surface area contributed by atoms with Gasteiger partial charge in [0.2, 0.25) is 0 Å². The summed E-state index contributed by atoms with van der Waals surface area (Å²) in [4.78, 5) is 14.2. The Morgan fingerprint density at radius 1 is 0.367 bits per heavy atom. The Hall–Kier alpha value is -0.990. The Morgan fingerprint density at radius 2 is 0.667 bits per heavy atom. The summed E-state index contributed by atoms with van der Waals surface area (Å²) in [6, 6.07) is 0. The maximum absolute atomic E-state index is 4.79. The van der Waals surface area contributed by atoms with Gasteiger partial charge in [0.1, 0.15) is 17.5 Å². The third-order valence-electron chi connectivity index (χ3n) is 6.10. The fourth-order valence-corrected chi connectivity index (χ4v) is 4.09. The predicted molar refractivity (Wildman–Crippen MR) is 131 cm³/mol. The molecule has 0 N–H and O–H groups in total. The zero-order valence-corrected chi connectivity index (χ0v) is 20.7. The van der Waals surface area contributed by atoms with Gasteiger partial charge in [0.15, 0.2) is 0 Å². The predicted octanol–water partition coefficient (Wildman–Crippen LogP) is 8.58. The van der Waals surface area contributed by atoms with Crippen LogP contribution in [0.3, 0.4) is 0 Å². The standard InChI is InChI=1S/C27H51N3/c1-4-7-9-11-13-15-17-19-21-23-26-28-25(6-3)29-27(30-26)24-22-20-18-16-14-12-10-8-5-2/h4-24H2,1-3H3. The number of nitrogens with zero attached hydrogens (tertiary/aromatic N) is 3. The second-order valence-corrected chi connectivity index (χ2v) is 9.09. The lowest BCUT2D eigenvalue weighted by Crippen LogP contribution is -2.07. The number of aryl methyl sites for hydroxylation is 3. The van der Waals surface area contributed by atoms with Crippen LogP contribution in [0.1, 0.15) is 154 Å². The van der Waals surface area contributed by atoms with Crippen molar-refractivity contribution in [3.63, 3.8) is 0 Å². The zero-order chi connectivity index (χ0) is 21.7. The van der Waals surface area contributed by atoms with Gasteiger partial charge in [-0.05, 0) is 12.8 Å². The average molecular weight is 418 g/mol. The van der Waals surface area contributed by atoms with Crippen LogP contribution >= 0.6 is 0 Å². The molecule has 1 heterocycles. The summed E-state index contributed by atoms with van der Waals surface area (Å²) >= 11 is 0. The third-order valence-corrected chi connectivity index (χ3v) is 6.10. The van der Waals surface area contributed by atoms with Crippen molar-refractivity contribution in [2.24, 2.45) is 0 Å². The van der Waals surface area contributed by atoms with Crippen LogP contribution in [-0.2, 0) is 19.3 Å². The van der Waals surface area contributed by atoms with Crippen LogP contribution < -0.4 is 0 Å². The number of unbranched alkanes of at least 4 members (excludes halogenated alkanes) is 16. The van der Waals surface area contributed by atoms with E-state index in [1.807, 2.05) is 0 Å². The highest BCUT2D eigenvalue weighted by Gasteiger charge is 2.06. The van der Waals surface area contributed by atoms with E-state index < -0.39 is 0 Å². The van der Waals surface area contributed by atoms with Crippen molar-refractivity contribution in [3.05, 3.63) is 17.5 Å². The van der Waals surface area contributed by atoms with E-state index in [0.29, 0.717) is 0 Å². The highest BCUT2D eigenvalue weighted by molar-refractivity contribution is 4.98. The summed E-state index contributed by atoms with van der Waals surface area (Å²) in [7, 11) is 0. The fourth-order valence-electron chi connectivity index (χ4n) is 4.09. The monoisotopic (exact) mass is 417 g/mol. The minimum atomic E-state index is 0.915. The molecule has 0 atom stereocenters. The zero-order valence-electron chi connectivity index (χ0n) is 20.7. The van der Waals surface area contributed by atoms with Crippen LogP contribution in [0.4, 0.5) is 0 Å². The molecule has 0 saturated heterocycles. The Labute approximate surface area is 188 Å². The largest absolute Gasteiger partial charge is 0.218 e. The van der Waals surface area contributed by atoms with Gasteiger partial charge in [-0.2, -0.15) is 0 Å². The molecule has 0 fully saturated rings. The first-order valence-corrected chi connectivity index (χ1v) is 13.5. The summed E-state index contributed by atoms with van der Waals surface area (Å²) in [6.45, 7) is 6.72. The third kappa shape index (κ3) is 14.9. The van der Waals surface area contributed by atoms with Crippen LogP contribution in [-0.4, -0.2) is 15.0 Å². The Balaban J connectivity index is 2.17.